The van der Waals surface area contributed by atoms with Gasteiger partial charge in [0.05, 0.1) is 19.8 Å². The summed E-state index contributed by atoms with van der Waals surface area (Å²) in [6, 6.07) is 8.48. The molecule has 24 heavy (non-hydrogen) atoms. The van der Waals surface area contributed by atoms with Crippen LogP contribution in [0.1, 0.15) is 30.0 Å². The summed E-state index contributed by atoms with van der Waals surface area (Å²) >= 11 is 0. The number of ether oxygens (including phenoxy) is 2. The summed E-state index contributed by atoms with van der Waals surface area (Å²) in [5.74, 6) is 0.595. The van der Waals surface area contributed by atoms with Gasteiger partial charge in [0.15, 0.2) is 6.10 Å². The number of rotatable bonds is 2. The fourth-order valence-corrected chi connectivity index (χ4v) is 4.05. The van der Waals surface area contributed by atoms with Gasteiger partial charge in [0.25, 0.3) is 5.91 Å². The Labute approximate surface area is 141 Å². The molecule has 3 heterocycles. The first-order valence-corrected chi connectivity index (χ1v) is 8.79. The minimum absolute atomic E-state index is 0.0869. The molecular weight excluding hydrogens is 304 g/mol. The third-order valence-corrected chi connectivity index (χ3v) is 5.25. The number of hydrogen-bond acceptors (Lipinski definition) is 3. The number of piperidine rings is 1. The Morgan fingerprint density at radius 1 is 1.21 bits per heavy atom. The molecule has 1 aromatic carbocycles. The lowest BCUT2D eigenvalue weighted by Gasteiger charge is -2.35. The molecule has 128 valence electrons. The van der Waals surface area contributed by atoms with Gasteiger partial charge in [-0.05, 0) is 37.3 Å². The van der Waals surface area contributed by atoms with Crippen LogP contribution >= 0.6 is 0 Å². The van der Waals surface area contributed by atoms with Crippen molar-refractivity contribution in [3.63, 3.8) is 0 Å². The van der Waals surface area contributed by atoms with Gasteiger partial charge in [-0.2, -0.15) is 0 Å². The minimum atomic E-state index is -0.412. The average molecular weight is 328 g/mol. The molecule has 2 aromatic rings. The van der Waals surface area contributed by atoms with Crippen LogP contribution in [0.3, 0.4) is 0 Å². The molecule has 0 aliphatic carbocycles. The number of carbonyl (C=O) groups is 1. The molecule has 0 bridgehead atoms. The topological polar surface area (TPSA) is 54.6 Å². The maximum atomic E-state index is 12.5. The van der Waals surface area contributed by atoms with E-state index in [1.807, 2.05) is 4.90 Å². The second kappa shape index (κ2) is 6.57. The summed E-state index contributed by atoms with van der Waals surface area (Å²) in [4.78, 5) is 18.0. The van der Waals surface area contributed by atoms with Crippen LogP contribution in [0, 0.1) is 6.92 Å². The molecule has 0 spiro atoms. The molecule has 0 unspecified atom stereocenters. The van der Waals surface area contributed by atoms with Crippen LogP contribution in [0.4, 0.5) is 0 Å². The van der Waals surface area contributed by atoms with Crippen LogP contribution in [0.15, 0.2) is 24.3 Å². The number of likely N-dealkylation sites (tertiary alicyclic amines) is 1. The molecule has 1 N–H and O–H groups in total. The maximum Gasteiger partial charge on any atom is 0.254 e. The van der Waals surface area contributed by atoms with Crippen molar-refractivity contribution in [2.24, 2.45) is 0 Å². The van der Waals surface area contributed by atoms with Crippen molar-refractivity contribution in [2.45, 2.75) is 31.8 Å². The Morgan fingerprint density at radius 3 is 2.75 bits per heavy atom. The number of aromatic amines is 1. The van der Waals surface area contributed by atoms with Gasteiger partial charge >= 0.3 is 0 Å². The van der Waals surface area contributed by atoms with Crippen LogP contribution in [0.5, 0.6) is 0 Å². The quantitative estimate of drug-likeness (QED) is 0.922. The molecule has 0 saturated carbocycles. The van der Waals surface area contributed by atoms with Gasteiger partial charge in [0.1, 0.15) is 0 Å². The standard InChI is InChI=1S/C19H24N2O3/c1-13-18(15-4-2-3-5-16(15)20-13)14-6-8-21(9-7-14)19(22)17-12-23-10-11-24-17/h2-5,14,17,20H,6-12H2,1H3/t17-/m1/s1. The highest BCUT2D eigenvalue weighted by atomic mass is 16.6. The van der Waals surface area contributed by atoms with Crippen molar-refractivity contribution in [1.82, 2.24) is 9.88 Å². The fraction of sp³-hybridized carbons (Fsp3) is 0.526. The van der Waals surface area contributed by atoms with Crippen molar-refractivity contribution in [3.8, 4) is 0 Å². The Bertz CT molecular complexity index is 725. The van der Waals surface area contributed by atoms with Gasteiger partial charge in [-0.15, -0.1) is 0 Å². The fourth-order valence-electron chi connectivity index (χ4n) is 4.05. The molecule has 4 rings (SSSR count). The number of para-hydroxylation sites is 1. The summed E-state index contributed by atoms with van der Waals surface area (Å²) in [6.45, 7) is 5.23. The van der Waals surface area contributed by atoms with Crippen molar-refractivity contribution in [1.29, 1.82) is 0 Å². The van der Waals surface area contributed by atoms with Crippen LogP contribution in [-0.2, 0) is 14.3 Å². The van der Waals surface area contributed by atoms with E-state index in [0.29, 0.717) is 25.7 Å². The zero-order valence-corrected chi connectivity index (χ0v) is 14.1. The summed E-state index contributed by atoms with van der Waals surface area (Å²) in [6.07, 6.45) is 1.59. The number of nitrogens with one attached hydrogen (secondary N) is 1. The van der Waals surface area contributed by atoms with E-state index in [9.17, 15) is 4.79 Å². The van der Waals surface area contributed by atoms with Gasteiger partial charge < -0.3 is 19.4 Å². The number of aromatic nitrogens is 1. The smallest absolute Gasteiger partial charge is 0.254 e. The summed E-state index contributed by atoms with van der Waals surface area (Å²) in [7, 11) is 0. The summed E-state index contributed by atoms with van der Waals surface area (Å²) in [5, 5.41) is 1.32. The predicted octanol–water partition coefficient (Wildman–Crippen LogP) is 2.60. The van der Waals surface area contributed by atoms with E-state index < -0.39 is 6.10 Å². The van der Waals surface area contributed by atoms with Crippen molar-refractivity contribution < 1.29 is 14.3 Å². The van der Waals surface area contributed by atoms with Gasteiger partial charge in [-0.1, -0.05) is 18.2 Å². The Hall–Kier alpha value is -1.85. The van der Waals surface area contributed by atoms with E-state index in [1.165, 1.54) is 22.2 Å². The molecule has 2 saturated heterocycles. The SMILES string of the molecule is Cc1[nH]c2ccccc2c1C1CCN(C(=O)[C@H]2COCCO2)CC1. The van der Waals surface area contributed by atoms with Gasteiger partial charge in [-0.3, -0.25) is 4.79 Å². The molecule has 2 fully saturated rings. The first kappa shape index (κ1) is 15.7. The number of H-pyrrole nitrogens is 1. The van der Waals surface area contributed by atoms with E-state index in [-0.39, 0.29) is 5.91 Å². The zero-order valence-electron chi connectivity index (χ0n) is 14.1. The van der Waals surface area contributed by atoms with Crippen LogP contribution in [0.2, 0.25) is 0 Å². The molecule has 1 aromatic heterocycles. The molecule has 5 heteroatoms. The monoisotopic (exact) mass is 328 g/mol. The van der Waals surface area contributed by atoms with Gasteiger partial charge in [0, 0.05) is 29.7 Å². The van der Waals surface area contributed by atoms with Crippen LogP contribution in [0.25, 0.3) is 10.9 Å². The highest BCUT2D eigenvalue weighted by Crippen LogP contribution is 2.35. The first-order valence-electron chi connectivity index (χ1n) is 8.79. The van der Waals surface area contributed by atoms with Gasteiger partial charge in [0.2, 0.25) is 0 Å². The molecule has 2 aliphatic rings. The molecule has 1 amide bonds. The molecular formula is C19H24N2O3. The summed E-state index contributed by atoms with van der Waals surface area (Å²) in [5.41, 5.74) is 3.89. The Morgan fingerprint density at radius 2 is 2.00 bits per heavy atom. The lowest BCUT2D eigenvalue weighted by Crippen LogP contribution is -2.47. The van der Waals surface area contributed by atoms with Crippen molar-refractivity contribution in [3.05, 3.63) is 35.5 Å². The largest absolute Gasteiger partial charge is 0.376 e. The van der Waals surface area contributed by atoms with E-state index in [1.54, 1.807) is 0 Å². The number of benzene rings is 1. The third-order valence-electron chi connectivity index (χ3n) is 5.25. The van der Waals surface area contributed by atoms with Crippen molar-refractivity contribution >= 4 is 16.8 Å². The van der Waals surface area contributed by atoms with Crippen LogP contribution < -0.4 is 0 Å². The highest BCUT2D eigenvalue weighted by molar-refractivity contribution is 5.85. The Kier molecular flexibility index (Phi) is 4.29. The predicted molar refractivity (Wildman–Crippen MR) is 92.1 cm³/mol. The van der Waals surface area contributed by atoms with Crippen molar-refractivity contribution in [2.75, 3.05) is 32.9 Å². The number of fused-ring (bicyclic) bond motifs is 1. The minimum Gasteiger partial charge on any atom is -0.376 e. The number of hydrogen-bond donors (Lipinski definition) is 1. The number of nitrogens with zero attached hydrogens (tertiary/aromatic N) is 1. The van der Waals surface area contributed by atoms with Gasteiger partial charge in [-0.25, -0.2) is 0 Å². The summed E-state index contributed by atoms with van der Waals surface area (Å²) < 4.78 is 10.9. The molecule has 0 radical (unpaired) electrons. The Balaban J connectivity index is 1.45. The number of carbonyl (C=O) groups excluding carboxylic acids is 1. The third kappa shape index (κ3) is 2.82. The first-order chi connectivity index (χ1) is 11.7. The molecule has 2 aliphatic heterocycles. The average Bonchev–Trinajstić information content (AvgIpc) is 2.98. The highest BCUT2D eigenvalue weighted by Gasteiger charge is 2.31. The normalized spacial score (nSPS) is 22.9. The lowest BCUT2D eigenvalue weighted by atomic mass is 9.87. The van der Waals surface area contributed by atoms with E-state index in [2.05, 4.69) is 36.2 Å². The second-order valence-corrected chi connectivity index (χ2v) is 6.74. The molecule has 5 nitrogen and oxygen atoms in total. The maximum absolute atomic E-state index is 12.5. The second-order valence-electron chi connectivity index (χ2n) is 6.74. The molecule has 1 atom stereocenters. The zero-order chi connectivity index (χ0) is 16.5. The number of aryl methyl sites for hydroxylation is 1. The van der Waals surface area contributed by atoms with E-state index in [4.69, 9.17) is 9.47 Å². The van der Waals surface area contributed by atoms with Crippen LogP contribution in [-0.4, -0.2) is 54.8 Å². The number of amides is 1. The van der Waals surface area contributed by atoms with E-state index in [0.717, 1.165) is 25.9 Å². The lowest BCUT2D eigenvalue weighted by molar-refractivity contribution is -0.158. The van der Waals surface area contributed by atoms with E-state index >= 15 is 0 Å².